The average Bonchev–Trinajstić information content (AvgIpc) is 3.04. The van der Waals surface area contributed by atoms with Gasteiger partial charge in [-0.15, -0.1) is 0 Å². The topological polar surface area (TPSA) is 122 Å². The lowest BCUT2D eigenvalue weighted by Crippen LogP contribution is -2.47. The number of aromatic nitrogens is 2. The normalized spacial score (nSPS) is 16.0. The minimum absolute atomic E-state index is 0.0322. The van der Waals surface area contributed by atoms with Crippen molar-refractivity contribution in [3.8, 4) is 0 Å². The SMILES string of the molecule is CCOC(=O)C1=C(COC(=O)Cc2c(C)n[nH]c2C)NC(=O)N[C@H]1c1ccccc1. The van der Waals surface area contributed by atoms with E-state index in [2.05, 4.69) is 20.8 Å². The van der Waals surface area contributed by atoms with Gasteiger partial charge in [0.2, 0.25) is 0 Å². The number of benzene rings is 1. The highest BCUT2D eigenvalue weighted by Gasteiger charge is 2.34. The molecule has 0 saturated heterocycles. The fourth-order valence-corrected chi connectivity index (χ4v) is 3.26. The van der Waals surface area contributed by atoms with Crippen molar-refractivity contribution in [1.82, 2.24) is 20.8 Å². The van der Waals surface area contributed by atoms with Gasteiger partial charge in [-0.05, 0) is 26.3 Å². The van der Waals surface area contributed by atoms with Crippen molar-refractivity contribution < 1.29 is 23.9 Å². The van der Waals surface area contributed by atoms with Crippen molar-refractivity contribution in [2.45, 2.75) is 33.2 Å². The molecule has 1 atom stereocenters. The zero-order chi connectivity index (χ0) is 21.7. The summed E-state index contributed by atoms with van der Waals surface area (Å²) in [5.74, 6) is -1.09. The number of ether oxygens (including phenoxy) is 2. The Morgan fingerprint density at radius 1 is 1.13 bits per heavy atom. The summed E-state index contributed by atoms with van der Waals surface area (Å²) in [7, 11) is 0. The molecular formula is C21H24N4O5. The molecule has 0 aliphatic carbocycles. The van der Waals surface area contributed by atoms with E-state index in [1.54, 1.807) is 26.0 Å². The van der Waals surface area contributed by atoms with E-state index in [1.165, 1.54) is 0 Å². The molecule has 0 radical (unpaired) electrons. The number of carbonyl (C=O) groups is 3. The van der Waals surface area contributed by atoms with E-state index >= 15 is 0 Å². The molecule has 9 nitrogen and oxygen atoms in total. The van der Waals surface area contributed by atoms with Crippen LogP contribution in [0.2, 0.25) is 0 Å². The summed E-state index contributed by atoms with van der Waals surface area (Å²) in [6.07, 6.45) is 0.0322. The molecule has 2 amide bonds. The third kappa shape index (κ3) is 4.68. The van der Waals surface area contributed by atoms with Crippen molar-refractivity contribution >= 4 is 18.0 Å². The van der Waals surface area contributed by atoms with Crippen molar-refractivity contribution in [2.75, 3.05) is 13.2 Å². The lowest BCUT2D eigenvalue weighted by atomic mass is 9.95. The van der Waals surface area contributed by atoms with Crippen LogP contribution in [0.4, 0.5) is 4.79 Å². The molecule has 1 aliphatic heterocycles. The van der Waals surface area contributed by atoms with Crippen LogP contribution in [0.5, 0.6) is 0 Å². The minimum atomic E-state index is -0.717. The van der Waals surface area contributed by atoms with Crippen LogP contribution in [-0.2, 0) is 25.5 Å². The number of hydrogen-bond donors (Lipinski definition) is 3. The maximum atomic E-state index is 12.7. The lowest BCUT2D eigenvalue weighted by molar-refractivity contribution is -0.143. The zero-order valence-corrected chi connectivity index (χ0v) is 17.1. The Bertz CT molecular complexity index is 961. The summed E-state index contributed by atoms with van der Waals surface area (Å²) in [5, 5.41) is 12.2. The first-order valence-electron chi connectivity index (χ1n) is 9.59. The van der Waals surface area contributed by atoms with E-state index < -0.39 is 24.0 Å². The predicted molar refractivity (Wildman–Crippen MR) is 107 cm³/mol. The number of esters is 2. The summed E-state index contributed by atoms with van der Waals surface area (Å²) >= 11 is 0. The first kappa shape index (κ1) is 21.1. The standard InChI is InChI=1S/C21H24N4O5/c1-4-29-20(27)18-16(11-30-17(26)10-15-12(2)24-25-13(15)3)22-21(28)23-19(18)14-8-6-5-7-9-14/h5-9,19H,4,10-11H2,1-3H3,(H,24,25)(H2,22,23,28)/t19-/m0/s1. The molecule has 1 aliphatic rings. The second-order valence-electron chi connectivity index (χ2n) is 6.80. The van der Waals surface area contributed by atoms with Crippen LogP contribution in [0.15, 0.2) is 41.6 Å². The number of nitrogens with zero attached hydrogens (tertiary/aromatic N) is 1. The molecule has 3 rings (SSSR count). The summed E-state index contributed by atoms with van der Waals surface area (Å²) in [6.45, 7) is 5.22. The van der Waals surface area contributed by atoms with Crippen LogP contribution in [-0.4, -0.2) is 41.4 Å². The molecule has 9 heteroatoms. The van der Waals surface area contributed by atoms with E-state index in [9.17, 15) is 14.4 Å². The van der Waals surface area contributed by atoms with Crippen LogP contribution in [0.1, 0.15) is 35.5 Å². The fourth-order valence-electron chi connectivity index (χ4n) is 3.26. The third-order valence-corrected chi connectivity index (χ3v) is 4.76. The molecule has 1 aromatic heterocycles. The Labute approximate surface area is 173 Å². The number of rotatable bonds is 7. The van der Waals surface area contributed by atoms with Gasteiger partial charge >= 0.3 is 18.0 Å². The van der Waals surface area contributed by atoms with Gasteiger partial charge in [-0.3, -0.25) is 9.89 Å². The van der Waals surface area contributed by atoms with E-state index in [0.717, 1.165) is 17.0 Å². The Balaban J connectivity index is 1.84. The van der Waals surface area contributed by atoms with Gasteiger partial charge in [-0.25, -0.2) is 9.59 Å². The van der Waals surface area contributed by atoms with Crippen LogP contribution in [0, 0.1) is 13.8 Å². The van der Waals surface area contributed by atoms with Crippen molar-refractivity contribution in [3.05, 3.63) is 64.1 Å². The van der Waals surface area contributed by atoms with Gasteiger partial charge in [0.25, 0.3) is 0 Å². The Kier molecular flexibility index (Phi) is 6.51. The first-order chi connectivity index (χ1) is 14.4. The fraction of sp³-hybridized carbons (Fsp3) is 0.333. The number of hydrogen-bond acceptors (Lipinski definition) is 6. The molecule has 0 unspecified atom stereocenters. The summed E-state index contributed by atoms with van der Waals surface area (Å²) in [5.41, 5.74) is 3.37. The highest BCUT2D eigenvalue weighted by atomic mass is 16.5. The molecular weight excluding hydrogens is 388 g/mol. The predicted octanol–water partition coefficient (Wildman–Crippen LogP) is 1.98. The maximum Gasteiger partial charge on any atom is 0.338 e. The first-order valence-corrected chi connectivity index (χ1v) is 9.59. The number of nitrogens with one attached hydrogen (secondary N) is 3. The second-order valence-corrected chi connectivity index (χ2v) is 6.80. The maximum absolute atomic E-state index is 12.7. The van der Waals surface area contributed by atoms with E-state index in [-0.39, 0.29) is 30.9 Å². The summed E-state index contributed by atoms with van der Waals surface area (Å²) in [6, 6.07) is 7.83. The van der Waals surface area contributed by atoms with Gasteiger partial charge in [0.15, 0.2) is 0 Å². The monoisotopic (exact) mass is 412 g/mol. The van der Waals surface area contributed by atoms with Gasteiger partial charge in [0.1, 0.15) is 6.61 Å². The number of amides is 2. The molecule has 0 saturated carbocycles. The number of aryl methyl sites for hydroxylation is 2. The Morgan fingerprint density at radius 3 is 2.50 bits per heavy atom. The van der Waals surface area contributed by atoms with Crippen LogP contribution in [0.3, 0.4) is 0 Å². The molecule has 2 aromatic rings. The Morgan fingerprint density at radius 2 is 1.87 bits per heavy atom. The number of aromatic amines is 1. The van der Waals surface area contributed by atoms with Crippen LogP contribution in [0.25, 0.3) is 0 Å². The quantitative estimate of drug-likeness (QED) is 0.598. The molecule has 0 bridgehead atoms. The molecule has 0 spiro atoms. The smallest absolute Gasteiger partial charge is 0.338 e. The van der Waals surface area contributed by atoms with Crippen molar-refractivity contribution in [1.29, 1.82) is 0 Å². The Hall–Kier alpha value is -3.62. The van der Waals surface area contributed by atoms with Crippen molar-refractivity contribution in [3.63, 3.8) is 0 Å². The zero-order valence-electron chi connectivity index (χ0n) is 17.1. The van der Waals surface area contributed by atoms with Gasteiger partial charge in [0, 0.05) is 11.3 Å². The largest absolute Gasteiger partial charge is 0.463 e. The summed E-state index contributed by atoms with van der Waals surface area (Å²) in [4.78, 5) is 37.2. The average molecular weight is 412 g/mol. The van der Waals surface area contributed by atoms with E-state index in [4.69, 9.17) is 9.47 Å². The molecule has 158 valence electrons. The van der Waals surface area contributed by atoms with Crippen LogP contribution < -0.4 is 10.6 Å². The number of urea groups is 1. The minimum Gasteiger partial charge on any atom is -0.463 e. The van der Waals surface area contributed by atoms with Crippen molar-refractivity contribution in [2.24, 2.45) is 0 Å². The van der Waals surface area contributed by atoms with E-state index in [0.29, 0.717) is 5.56 Å². The van der Waals surface area contributed by atoms with Gasteiger partial charge in [0.05, 0.1) is 36.0 Å². The number of H-pyrrole nitrogens is 1. The molecule has 3 N–H and O–H groups in total. The third-order valence-electron chi connectivity index (χ3n) is 4.76. The van der Waals surface area contributed by atoms with Gasteiger partial charge < -0.3 is 20.1 Å². The second kappa shape index (κ2) is 9.25. The molecule has 30 heavy (non-hydrogen) atoms. The molecule has 0 fully saturated rings. The van der Waals surface area contributed by atoms with Gasteiger partial charge in [-0.1, -0.05) is 30.3 Å². The highest BCUT2D eigenvalue weighted by molar-refractivity contribution is 5.95. The molecule has 1 aromatic carbocycles. The summed E-state index contributed by atoms with van der Waals surface area (Å²) < 4.78 is 10.5. The lowest BCUT2D eigenvalue weighted by Gasteiger charge is -2.29. The highest BCUT2D eigenvalue weighted by Crippen LogP contribution is 2.27. The molecule has 2 heterocycles. The van der Waals surface area contributed by atoms with E-state index in [1.807, 2.05) is 25.1 Å². The van der Waals surface area contributed by atoms with Gasteiger partial charge in [-0.2, -0.15) is 5.10 Å². The number of carbonyl (C=O) groups excluding carboxylic acids is 3. The van der Waals surface area contributed by atoms with Crippen LogP contribution >= 0.6 is 0 Å².